The molecule has 2 heterocycles. The van der Waals surface area contributed by atoms with Crippen LogP contribution in [-0.4, -0.2) is 41.8 Å². The van der Waals surface area contributed by atoms with Crippen molar-refractivity contribution in [3.05, 3.63) is 70.8 Å². The van der Waals surface area contributed by atoms with Gasteiger partial charge in [0.25, 0.3) is 11.8 Å². The van der Waals surface area contributed by atoms with Crippen molar-refractivity contribution in [3.8, 4) is 0 Å². The van der Waals surface area contributed by atoms with Gasteiger partial charge in [0.15, 0.2) is 0 Å². The minimum absolute atomic E-state index is 0.115. The number of benzene rings is 2. The molecule has 1 atom stereocenters. The SMILES string of the molecule is O=C(CN1C(=O)c2ccccc2C1=O)NCC1Cc2ccccc2CO1. The van der Waals surface area contributed by atoms with Gasteiger partial charge in [-0.3, -0.25) is 19.3 Å². The number of imide groups is 1. The molecule has 0 saturated carbocycles. The van der Waals surface area contributed by atoms with E-state index in [1.54, 1.807) is 24.3 Å². The molecule has 132 valence electrons. The van der Waals surface area contributed by atoms with Crippen LogP contribution in [-0.2, 0) is 22.6 Å². The smallest absolute Gasteiger partial charge is 0.262 e. The van der Waals surface area contributed by atoms with E-state index in [1.807, 2.05) is 18.2 Å². The number of amides is 3. The lowest BCUT2D eigenvalue weighted by Gasteiger charge is -2.25. The summed E-state index contributed by atoms with van der Waals surface area (Å²) in [6, 6.07) is 14.7. The molecule has 2 aromatic carbocycles. The topological polar surface area (TPSA) is 75.7 Å². The van der Waals surface area contributed by atoms with Gasteiger partial charge >= 0.3 is 0 Å². The molecule has 0 bridgehead atoms. The Morgan fingerprint density at radius 1 is 1.00 bits per heavy atom. The lowest BCUT2D eigenvalue weighted by Crippen LogP contribution is -2.43. The predicted octanol–water partition coefficient (Wildman–Crippen LogP) is 1.54. The fourth-order valence-electron chi connectivity index (χ4n) is 3.35. The number of hydrogen-bond acceptors (Lipinski definition) is 4. The maximum Gasteiger partial charge on any atom is 0.262 e. The third-order valence-electron chi connectivity index (χ3n) is 4.75. The highest BCUT2D eigenvalue weighted by Gasteiger charge is 2.36. The number of fused-ring (bicyclic) bond motifs is 2. The highest BCUT2D eigenvalue weighted by atomic mass is 16.5. The molecule has 0 saturated heterocycles. The fourth-order valence-corrected chi connectivity index (χ4v) is 3.35. The Kier molecular flexibility index (Phi) is 4.26. The predicted molar refractivity (Wildman–Crippen MR) is 93.5 cm³/mol. The van der Waals surface area contributed by atoms with Crippen molar-refractivity contribution >= 4 is 17.7 Å². The summed E-state index contributed by atoms with van der Waals surface area (Å²) in [5.41, 5.74) is 3.08. The first-order chi connectivity index (χ1) is 12.6. The Hall–Kier alpha value is -2.99. The third-order valence-corrected chi connectivity index (χ3v) is 4.75. The molecule has 0 spiro atoms. The lowest BCUT2D eigenvalue weighted by molar-refractivity contribution is -0.122. The van der Waals surface area contributed by atoms with Crippen LogP contribution in [0.25, 0.3) is 0 Å². The van der Waals surface area contributed by atoms with Crippen LogP contribution in [0.15, 0.2) is 48.5 Å². The molecule has 1 N–H and O–H groups in total. The van der Waals surface area contributed by atoms with Crippen molar-refractivity contribution in [1.29, 1.82) is 0 Å². The van der Waals surface area contributed by atoms with Crippen LogP contribution in [0.3, 0.4) is 0 Å². The van der Waals surface area contributed by atoms with Crippen LogP contribution in [0.2, 0.25) is 0 Å². The van der Waals surface area contributed by atoms with E-state index in [-0.39, 0.29) is 18.6 Å². The molecule has 6 heteroatoms. The largest absolute Gasteiger partial charge is 0.371 e. The molecule has 2 aliphatic heterocycles. The second-order valence-corrected chi connectivity index (χ2v) is 6.45. The van der Waals surface area contributed by atoms with Gasteiger partial charge < -0.3 is 10.1 Å². The van der Waals surface area contributed by atoms with Crippen molar-refractivity contribution in [2.24, 2.45) is 0 Å². The Bertz CT molecular complexity index is 858. The lowest BCUT2D eigenvalue weighted by atomic mass is 9.99. The van der Waals surface area contributed by atoms with Crippen molar-refractivity contribution < 1.29 is 19.1 Å². The number of nitrogens with one attached hydrogen (secondary N) is 1. The van der Waals surface area contributed by atoms with E-state index >= 15 is 0 Å². The van der Waals surface area contributed by atoms with Crippen LogP contribution in [0.1, 0.15) is 31.8 Å². The normalized spacial score (nSPS) is 18.5. The molecular formula is C20H18N2O4. The van der Waals surface area contributed by atoms with Crippen LogP contribution in [0.4, 0.5) is 0 Å². The Morgan fingerprint density at radius 2 is 1.62 bits per heavy atom. The zero-order valence-electron chi connectivity index (χ0n) is 14.1. The van der Waals surface area contributed by atoms with E-state index in [9.17, 15) is 14.4 Å². The Balaban J connectivity index is 1.33. The van der Waals surface area contributed by atoms with Crippen LogP contribution in [0.5, 0.6) is 0 Å². The summed E-state index contributed by atoms with van der Waals surface area (Å²) in [7, 11) is 0. The highest BCUT2D eigenvalue weighted by Crippen LogP contribution is 2.22. The quantitative estimate of drug-likeness (QED) is 0.849. The summed E-state index contributed by atoms with van der Waals surface area (Å²) in [6.07, 6.45) is 0.611. The number of rotatable bonds is 4. The molecule has 6 nitrogen and oxygen atoms in total. The van der Waals surface area contributed by atoms with Gasteiger partial charge in [-0.2, -0.15) is 0 Å². The van der Waals surface area contributed by atoms with Gasteiger partial charge in [0, 0.05) is 13.0 Å². The molecule has 0 aliphatic carbocycles. The Morgan fingerprint density at radius 3 is 2.31 bits per heavy atom. The van der Waals surface area contributed by atoms with Crippen LogP contribution >= 0.6 is 0 Å². The number of carbonyl (C=O) groups excluding carboxylic acids is 3. The highest BCUT2D eigenvalue weighted by molar-refractivity contribution is 6.22. The van der Waals surface area contributed by atoms with Crippen molar-refractivity contribution in [3.63, 3.8) is 0 Å². The number of nitrogens with zero attached hydrogens (tertiary/aromatic N) is 1. The van der Waals surface area contributed by atoms with Gasteiger partial charge in [0.05, 0.1) is 23.8 Å². The van der Waals surface area contributed by atoms with E-state index in [0.29, 0.717) is 24.3 Å². The molecule has 4 rings (SSSR count). The van der Waals surface area contributed by atoms with Gasteiger partial charge in [0.1, 0.15) is 6.54 Å². The first kappa shape index (κ1) is 16.5. The van der Waals surface area contributed by atoms with Gasteiger partial charge in [-0.15, -0.1) is 0 Å². The summed E-state index contributed by atoms with van der Waals surface area (Å²) in [6.45, 7) is 0.584. The monoisotopic (exact) mass is 350 g/mol. The van der Waals surface area contributed by atoms with Gasteiger partial charge in [-0.1, -0.05) is 36.4 Å². The fraction of sp³-hybridized carbons (Fsp3) is 0.250. The van der Waals surface area contributed by atoms with Crippen molar-refractivity contribution in [2.75, 3.05) is 13.1 Å². The first-order valence-electron chi connectivity index (χ1n) is 8.54. The first-order valence-corrected chi connectivity index (χ1v) is 8.54. The van der Waals surface area contributed by atoms with E-state index < -0.39 is 11.8 Å². The average molecular weight is 350 g/mol. The maximum absolute atomic E-state index is 12.3. The molecule has 0 fully saturated rings. The zero-order chi connectivity index (χ0) is 18.1. The van der Waals surface area contributed by atoms with Gasteiger partial charge in [-0.25, -0.2) is 0 Å². The van der Waals surface area contributed by atoms with Crippen molar-refractivity contribution in [1.82, 2.24) is 10.2 Å². The van der Waals surface area contributed by atoms with Crippen LogP contribution in [0, 0.1) is 0 Å². The van der Waals surface area contributed by atoms with E-state index in [2.05, 4.69) is 11.4 Å². The zero-order valence-corrected chi connectivity index (χ0v) is 14.1. The summed E-state index contributed by atoms with van der Waals surface area (Å²) in [4.78, 5) is 37.8. The van der Waals surface area contributed by atoms with E-state index in [4.69, 9.17) is 4.74 Å². The minimum Gasteiger partial charge on any atom is -0.371 e. The number of hydrogen-bond donors (Lipinski definition) is 1. The molecule has 1 unspecified atom stereocenters. The maximum atomic E-state index is 12.3. The summed E-state index contributed by atoms with van der Waals surface area (Å²) >= 11 is 0. The van der Waals surface area contributed by atoms with Crippen molar-refractivity contribution in [2.45, 2.75) is 19.1 Å². The molecule has 2 aromatic rings. The minimum atomic E-state index is -0.427. The van der Waals surface area contributed by atoms with E-state index in [1.165, 1.54) is 11.1 Å². The Labute approximate surface area is 150 Å². The second kappa shape index (κ2) is 6.72. The number of carbonyl (C=O) groups is 3. The molecule has 0 radical (unpaired) electrons. The third kappa shape index (κ3) is 2.99. The molecule has 0 aromatic heterocycles. The van der Waals surface area contributed by atoms with Crippen LogP contribution < -0.4 is 5.32 Å². The van der Waals surface area contributed by atoms with Gasteiger partial charge in [-0.05, 0) is 23.3 Å². The second-order valence-electron chi connectivity index (χ2n) is 6.45. The van der Waals surface area contributed by atoms with E-state index in [0.717, 1.165) is 11.3 Å². The molecule has 2 aliphatic rings. The summed E-state index contributed by atoms with van der Waals surface area (Å²) < 4.78 is 5.76. The van der Waals surface area contributed by atoms with Gasteiger partial charge in [0.2, 0.25) is 5.91 Å². The standard InChI is InChI=1S/C20H18N2O4/c23-18(11-22-19(24)16-7-3-4-8-17(16)20(22)25)21-10-15-9-13-5-1-2-6-14(13)12-26-15/h1-8,15H,9-12H2,(H,21,23). The number of ether oxygens (including phenoxy) is 1. The summed E-state index contributed by atoms with van der Waals surface area (Å²) in [5, 5.41) is 2.77. The average Bonchev–Trinajstić information content (AvgIpc) is 2.91. The molecule has 3 amide bonds. The molecule has 26 heavy (non-hydrogen) atoms. The molecular weight excluding hydrogens is 332 g/mol. The summed E-state index contributed by atoms with van der Waals surface area (Å²) in [5.74, 6) is -1.23.